The van der Waals surface area contributed by atoms with Gasteiger partial charge in [0.1, 0.15) is 11.8 Å². The maximum absolute atomic E-state index is 11.0. The summed E-state index contributed by atoms with van der Waals surface area (Å²) in [4.78, 5) is 10.6. The summed E-state index contributed by atoms with van der Waals surface area (Å²) < 4.78 is 5.24. The number of benzene rings is 1. The van der Waals surface area contributed by atoms with Crippen molar-refractivity contribution >= 4 is 6.08 Å². The van der Waals surface area contributed by atoms with E-state index in [1.54, 1.807) is 24.3 Å². The molecule has 0 unspecified atom stereocenters. The zero-order valence-corrected chi connectivity index (χ0v) is 11.0. The summed E-state index contributed by atoms with van der Waals surface area (Å²) in [5, 5.41) is 19.5. The zero-order chi connectivity index (χ0) is 14.3. The Bertz CT molecular complexity index is 516. The summed E-state index contributed by atoms with van der Waals surface area (Å²) in [7, 11) is 0. The number of nitrogens with zero attached hydrogens (tertiary/aromatic N) is 2. The van der Waals surface area contributed by atoms with Crippen LogP contribution in [0.5, 0.6) is 5.75 Å². The van der Waals surface area contributed by atoms with Gasteiger partial charge >= 0.3 is 0 Å². The summed E-state index contributed by atoms with van der Waals surface area (Å²) in [6, 6.07) is 8.84. The molecule has 0 heterocycles. The van der Waals surface area contributed by atoms with Crippen molar-refractivity contribution in [3.63, 3.8) is 0 Å². The van der Waals surface area contributed by atoms with Crippen LogP contribution in [0.4, 0.5) is 0 Å². The standard InChI is InChI=1S/C14H16N2O3/c1-11(2)9-13(16(17)18)10-12-5-3-4-6-14(12)19-8-7-15/h3-6,10-11H,8-9H2,1-2H3. The fourth-order valence-electron chi connectivity index (χ4n) is 1.63. The number of para-hydroxylation sites is 1. The van der Waals surface area contributed by atoms with Gasteiger partial charge in [0.15, 0.2) is 6.61 Å². The van der Waals surface area contributed by atoms with Crippen molar-refractivity contribution in [2.75, 3.05) is 6.61 Å². The Morgan fingerprint density at radius 2 is 2.21 bits per heavy atom. The van der Waals surface area contributed by atoms with Crippen LogP contribution in [0.25, 0.3) is 6.08 Å². The Morgan fingerprint density at radius 3 is 2.79 bits per heavy atom. The smallest absolute Gasteiger partial charge is 0.247 e. The normalized spacial score (nSPS) is 11.2. The third-order valence-corrected chi connectivity index (χ3v) is 2.39. The Labute approximate surface area is 112 Å². The minimum Gasteiger partial charge on any atom is -0.478 e. The van der Waals surface area contributed by atoms with E-state index in [0.29, 0.717) is 17.7 Å². The Hall–Kier alpha value is -2.35. The average Bonchev–Trinajstić information content (AvgIpc) is 2.36. The first-order valence-corrected chi connectivity index (χ1v) is 5.98. The van der Waals surface area contributed by atoms with Crippen molar-refractivity contribution < 1.29 is 9.66 Å². The Balaban J connectivity index is 3.06. The quantitative estimate of drug-likeness (QED) is 0.581. The lowest BCUT2D eigenvalue weighted by Crippen LogP contribution is -2.03. The number of allylic oxidation sites excluding steroid dienone is 1. The summed E-state index contributed by atoms with van der Waals surface area (Å²) in [5.74, 6) is 0.677. The van der Waals surface area contributed by atoms with E-state index in [1.807, 2.05) is 19.9 Å². The molecule has 5 heteroatoms. The number of nitro groups is 1. The Kier molecular flexibility index (Phi) is 5.55. The van der Waals surface area contributed by atoms with Crippen LogP contribution >= 0.6 is 0 Å². The summed E-state index contributed by atoms with van der Waals surface area (Å²) >= 11 is 0. The molecule has 5 nitrogen and oxygen atoms in total. The van der Waals surface area contributed by atoms with E-state index >= 15 is 0 Å². The van der Waals surface area contributed by atoms with Crippen molar-refractivity contribution in [1.82, 2.24) is 0 Å². The second-order valence-electron chi connectivity index (χ2n) is 4.48. The molecule has 0 aromatic heterocycles. The molecule has 0 aliphatic heterocycles. The molecule has 0 bridgehead atoms. The van der Waals surface area contributed by atoms with Gasteiger partial charge in [0.05, 0.1) is 4.92 Å². The molecule has 0 aliphatic rings. The second-order valence-corrected chi connectivity index (χ2v) is 4.48. The first-order chi connectivity index (χ1) is 9.04. The highest BCUT2D eigenvalue weighted by molar-refractivity contribution is 5.58. The molecular formula is C14H16N2O3. The van der Waals surface area contributed by atoms with Crippen LogP contribution in [0.1, 0.15) is 25.8 Å². The van der Waals surface area contributed by atoms with Crippen LogP contribution in [0.2, 0.25) is 0 Å². The molecule has 19 heavy (non-hydrogen) atoms. The van der Waals surface area contributed by atoms with Gasteiger partial charge < -0.3 is 4.74 Å². The van der Waals surface area contributed by atoms with Gasteiger partial charge in [-0.1, -0.05) is 32.0 Å². The second kappa shape index (κ2) is 7.17. The number of hydrogen-bond acceptors (Lipinski definition) is 4. The molecule has 1 aromatic carbocycles. The molecule has 1 aromatic rings. The van der Waals surface area contributed by atoms with Gasteiger partial charge in [-0.25, -0.2) is 0 Å². The average molecular weight is 260 g/mol. The highest BCUT2D eigenvalue weighted by atomic mass is 16.6. The molecule has 100 valence electrons. The summed E-state index contributed by atoms with van der Waals surface area (Å²) in [6.45, 7) is 3.77. The van der Waals surface area contributed by atoms with Gasteiger partial charge in [-0.3, -0.25) is 10.1 Å². The molecule has 0 saturated carbocycles. The molecular weight excluding hydrogens is 244 g/mol. The maximum atomic E-state index is 11.0. The van der Waals surface area contributed by atoms with Crippen molar-refractivity contribution in [2.45, 2.75) is 20.3 Å². The van der Waals surface area contributed by atoms with Crippen LogP contribution in [-0.4, -0.2) is 11.5 Å². The fraction of sp³-hybridized carbons (Fsp3) is 0.357. The van der Waals surface area contributed by atoms with Gasteiger partial charge in [-0.2, -0.15) is 5.26 Å². The highest BCUT2D eigenvalue weighted by Gasteiger charge is 2.14. The molecule has 0 atom stereocenters. The first-order valence-electron chi connectivity index (χ1n) is 5.98. The van der Waals surface area contributed by atoms with E-state index < -0.39 is 0 Å². The van der Waals surface area contributed by atoms with Gasteiger partial charge in [-0.15, -0.1) is 0 Å². The van der Waals surface area contributed by atoms with Crippen LogP contribution in [0, 0.1) is 27.4 Å². The van der Waals surface area contributed by atoms with Gasteiger partial charge in [0, 0.05) is 18.1 Å². The molecule has 0 saturated heterocycles. The highest BCUT2D eigenvalue weighted by Crippen LogP contribution is 2.23. The monoisotopic (exact) mass is 260 g/mol. The molecule has 0 aliphatic carbocycles. The lowest BCUT2D eigenvalue weighted by molar-refractivity contribution is -0.427. The third kappa shape index (κ3) is 4.80. The molecule has 0 radical (unpaired) electrons. The third-order valence-electron chi connectivity index (χ3n) is 2.39. The number of rotatable bonds is 6. The first kappa shape index (κ1) is 14.7. The van der Waals surface area contributed by atoms with Crippen LogP contribution in [0.3, 0.4) is 0 Å². The van der Waals surface area contributed by atoms with Crippen molar-refractivity contribution in [3.05, 3.63) is 45.6 Å². The van der Waals surface area contributed by atoms with Crippen LogP contribution < -0.4 is 4.74 Å². The van der Waals surface area contributed by atoms with Crippen LogP contribution in [0.15, 0.2) is 30.0 Å². The Morgan fingerprint density at radius 1 is 1.53 bits per heavy atom. The lowest BCUT2D eigenvalue weighted by atomic mass is 10.1. The maximum Gasteiger partial charge on any atom is 0.247 e. The number of nitriles is 1. The van der Waals surface area contributed by atoms with Crippen molar-refractivity contribution in [2.24, 2.45) is 5.92 Å². The van der Waals surface area contributed by atoms with E-state index in [1.165, 1.54) is 6.08 Å². The SMILES string of the molecule is CC(C)CC(=Cc1ccccc1OCC#N)[N+](=O)[O-]. The molecule has 1 rings (SSSR count). The van der Waals surface area contributed by atoms with Gasteiger partial charge in [0.2, 0.25) is 5.70 Å². The molecule has 0 fully saturated rings. The van der Waals surface area contributed by atoms with Crippen LogP contribution in [-0.2, 0) is 0 Å². The van der Waals surface area contributed by atoms with E-state index in [-0.39, 0.29) is 23.1 Å². The minimum absolute atomic E-state index is 0.0805. The summed E-state index contributed by atoms with van der Waals surface area (Å²) in [5.41, 5.74) is 0.758. The van der Waals surface area contributed by atoms with Gasteiger partial charge in [-0.05, 0) is 12.0 Å². The molecule has 0 amide bonds. The van der Waals surface area contributed by atoms with E-state index in [0.717, 1.165) is 0 Å². The largest absolute Gasteiger partial charge is 0.478 e. The van der Waals surface area contributed by atoms with E-state index in [2.05, 4.69) is 0 Å². The number of ether oxygens (including phenoxy) is 1. The molecule has 0 N–H and O–H groups in total. The molecule has 0 spiro atoms. The van der Waals surface area contributed by atoms with E-state index in [4.69, 9.17) is 10.00 Å². The van der Waals surface area contributed by atoms with Gasteiger partial charge in [0.25, 0.3) is 0 Å². The van der Waals surface area contributed by atoms with Crippen molar-refractivity contribution in [3.8, 4) is 11.8 Å². The predicted molar refractivity (Wildman–Crippen MR) is 72.0 cm³/mol. The topological polar surface area (TPSA) is 76.2 Å². The minimum atomic E-state index is -0.374. The van der Waals surface area contributed by atoms with Crippen molar-refractivity contribution in [1.29, 1.82) is 5.26 Å². The van der Waals surface area contributed by atoms with E-state index in [9.17, 15) is 10.1 Å². The zero-order valence-electron chi connectivity index (χ0n) is 11.0. The lowest BCUT2D eigenvalue weighted by Gasteiger charge is -2.06. The fourth-order valence-corrected chi connectivity index (χ4v) is 1.63. The number of hydrogen-bond donors (Lipinski definition) is 0. The predicted octanol–water partition coefficient (Wildman–Crippen LogP) is 3.25. The summed E-state index contributed by atoms with van der Waals surface area (Å²) in [6.07, 6.45) is 1.90.